The van der Waals surface area contributed by atoms with Crippen molar-refractivity contribution >= 4 is 41.2 Å². The summed E-state index contributed by atoms with van der Waals surface area (Å²) >= 11 is 5.91. The SMILES string of the molecule is O=C1NC(=O)N(c2ccc(O)cc2)C(=O)/C1=C/c1ccccc1OCc1ccc(Cl)cc1. The lowest BCUT2D eigenvalue weighted by atomic mass is 10.1. The van der Waals surface area contributed by atoms with Crippen LogP contribution >= 0.6 is 11.6 Å². The molecule has 1 aliphatic rings. The Morgan fingerprint density at radius 3 is 2.34 bits per heavy atom. The second kappa shape index (κ2) is 8.95. The summed E-state index contributed by atoms with van der Waals surface area (Å²) in [5.41, 5.74) is 1.39. The zero-order valence-corrected chi connectivity index (χ0v) is 17.4. The van der Waals surface area contributed by atoms with Gasteiger partial charge in [-0.05, 0) is 54.1 Å². The van der Waals surface area contributed by atoms with Crippen molar-refractivity contribution in [1.29, 1.82) is 0 Å². The highest BCUT2D eigenvalue weighted by molar-refractivity contribution is 6.39. The highest BCUT2D eigenvalue weighted by Gasteiger charge is 2.36. The van der Waals surface area contributed by atoms with E-state index in [-0.39, 0.29) is 23.6 Å². The second-order valence-electron chi connectivity index (χ2n) is 6.93. The summed E-state index contributed by atoms with van der Waals surface area (Å²) < 4.78 is 5.88. The fourth-order valence-electron chi connectivity index (χ4n) is 3.12. The summed E-state index contributed by atoms with van der Waals surface area (Å²) in [5, 5.41) is 12.3. The number of hydrogen-bond acceptors (Lipinski definition) is 5. The van der Waals surface area contributed by atoms with Crippen molar-refractivity contribution in [2.24, 2.45) is 0 Å². The van der Waals surface area contributed by atoms with Gasteiger partial charge in [-0.25, -0.2) is 9.69 Å². The fraction of sp³-hybridized carbons (Fsp3) is 0.0417. The van der Waals surface area contributed by atoms with Crippen LogP contribution in [0.25, 0.3) is 6.08 Å². The number of urea groups is 1. The maximum atomic E-state index is 13.0. The van der Waals surface area contributed by atoms with E-state index in [9.17, 15) is 19.5 Å². The Morgan fingerprint density at radius 2 is 1.62 bits per heavy atom. The smallest absolute Gasteiger partial charge is 0.335 e. The summed E-state index contributed by atoms with van der Waals surface area (Å²) in [6.45, 7) is 0.260. The van der Waals surface area contributed by atoms with Crippen molar-refractivity contribution in [1.82, 2.24) is 5.32 Å². The number of phenols is 1. The molecule has 0 radical (unpaired) electrons. The monoisotopic (exact) mass is 448 g/mol. The van der Waals surface area contributed by atoms with Crippen molar-refractivity contribution in [3.05, 3.63) is 94.5 Å². The first-order valence-electron chi connectivity index (χ1n) is 9.59. The van der Waals surface area contributed by atoms with E-state index in [0.29, 0.717) is 16.3 Å². The molecular formula is C24H17ClN2O5. The van der Waals surface area contributed by atoms with Crippen molar-refractivity contribution in [3.63, 3.8) is 0 Å². The van der Waals surface area contributed by atoms with Gasteiger partial charge in [0.2, 0.25) is 0 Å². The lowest BCUT2D eigenvalue weighted by Gasteiger charge is -2.26. The lowest BCUT2D eigenvalue weighted by Crippen LogP contribution is -2.54. The molecule has 1 aliphatic heterocycles. The van der Waals surface area contributed by atoms with Crippen molar-refractivity contribution in [3.8, 4) is 11.5 Å². The summed E-state index contributed by atoms with van der Waals surface area (Å²) in [6, 6.07) is 18.8. The van der Waals surface area contributed by atoms with Gasteiger partial charge in [0.1, 0.15) is 23.7 Å². The Hall–Kier alpha value is -4.10. The summed E-state index contributed by atoms with van der Waals surface area (Å²) in [6.07, 6.45) is 1.38. The van der Waals surface area contributed by atoms with Gasteiger partial charge in [0.15, 0.2) is 0 Å². The number of rotatable bonds is 5. The minimum Gasteiger partial charge on any atom is -0.508 e. The molecule has 1 fully saturated rings. The number of hydrogen-bond donors (Lipinski definition) is 2. The third-order valence-corrected chi connectivity index (χ3v) is 4.99. The number of ether oxygens (including phenoxy) is 1. The number of barbiturate groups is 1. The quantitative estimate of drug-likeness (QED) is 0.448. The average Bonchev–Trinajstić information content (AvgIpc) is 2.78. The maximum Gasteiger partial charge on any atom is 0.335 e. The first kappa shape index (κ1) is 21.1. The van der Waals surface area contributed by atoms with E-state index < -0.39 is 17.8 Å². The molecule has 0 unspecified atom stereocenters. The molecule has 1 saturated heterocycles. The highest BCUT2D eigenvalue weighted by Crippen LogP contribution is 2.27. The Kier molecular flexibility index (Phi) is 5.91. The van der Waals surface area contributed by atoms with Crippen LogP contribution < -0.4 is 15.0 Å². The molecule has 1 heterocycles. The molecule has 4 amide bonds. The van der Waals surface area contributed by atoms with E-state index in [1.807, 2.05) is 12.1 Å². The van der Waals surface area contributed by atoms with Gasteiger partial charge in [-0.15, -0.1) is 0 Å². The minimum absolute atomic E-state index is 0.0165. The number of para-hydroxylation sites is 1. The Labute approximate surface area is 188 Å². The zero-order valence-electron chi connectivity index (χ0n) is 16.6. The molecule has 3 aromatic carbocycles. The number of nitrogens with zero attached hydrogens (tertiary/aromatic N) is 1. The third-order valence-electron chi connectivity index (χ3n) is 4.74. The number of amides is 4. The highest BCUT2D eigenvalue weighted by atomic mass is 35.5. The predicted molar refractivity (Wildman–Crippen MR) is 119 cm³/mol. The summed E-state index contributed by atoms with van der Waals surface area (Å²) in [7, 11) is 0. The van der Waals surface area contributed by atoms with Crippen LogP contribution in [-0.2, 0) is 16.2 Å². The number of carbonyl (C=O) groups excluding carboxylic acids is 3. The van der Waals surface area contributed by atoms with E-state index in [0.717, 1.165) is 10.5 Å². The van der Waals surface area contributed by atoms with E-state index in [4.69, 9.17) is 16.3 Å². The molecule has 0 saturated carbocycles. The number of benzene rings is 3. The van der Waals surface area contributed by atoms with Gasteiger partial charge in [0.05, 0.1) is 5.69 Å². The van der Waals surface area contributed by atoms with Gasteiger partial charge in [0, 0.05) is 10.6 Å². The summed E-state index contributed by atoms with van der Waals surface area (Å²) in [4.78, 5) is 38.6. The fourth-order valence-corrected chi connectivity index (χ4v) is 3.25. The number of anilines is 1. The largest absolute Gasteiger partial charge is 0.508 e. The van der Waals surface area contributed by atoms with Crippen LogP contribution in [0.5, 0.6) is 11.5 Å². The van der Waals surface area contributed by atoms with E-state index in [2.05, 4.69) is 5.32 Å². The number of phenolic OH excluding ortho intramolecular Hbond substituents is 1. The van der Waals surface area contributed by atoms with Gasteiger partial charge in [-0.2, -0.15) is 0 Å². The molecule has 2 N–H and O–H groups in total. The van der Waals surface area contributed by atoms with Crippen LogP contribution in [0.1, 0.15) is 11.1 Å². The van der Waals surface area contributed by atoms with Crippen LogP contribution in [0, 0.1) is 0 Å². The molecule has 4 rings (SSSR count). The maximum absolute atomic E-state index is 13.0. The van der Waals surface area contributed by atoms with Crippen LogP contribution in [0.15, 0.2) is 78.4 Å². The molecule has 32 heavy (non-hydrogen) atoms. The third kappa shape index (κ3) is 4.48. The summed E-state index contributed by atoms with van der Waals surface area (Å²) in [5.74, 6) is -1.14. The minimum atomic E-state index is -0.866. The zero-order chi connectivity index (χ0) is 22.7. The van der Waals surface area contributed by atoms with Crippen molar-refractivity contribution in [2.75, 3.05) is 4.90 Å². The van der Waals surface area contributed by atoms with Crippen LogP contribution in [0.4, 0.5) is 10.5 Å². The van der Waals surface area contributed by atoms with E-state index >= 15 is 0 Å². The van der Waals surface area contributed by atoms with Gasteiger partial charge in [-0.3, -0.25) is 14.9 Å². The van der Waals surface area contributed by atoms with Gasteiger partial charge >= 0.3 is 6.03 Å². The average molecular weight is 449 g/mol. The standard InChI is InChI=1S/C24H17ClN2O5/c25-17-7-5-15(6-8-17)14-32-21-4-2-1-3-16(21)13-20-22(29)26-24(31)27(23(20)30)18-9-11-19(28)12-10-18/h1-13,28H,14H2,(H,26,29,31)/b20-13+. The van der Waals surface area contributed by atoms with Gasteiger partial charge in [0.25, 0.3) is 11.8 Å². The van der Waals surface area contributed by atoms with Gasteiger partial charge < -0.3 is 9.84 Å². The first-order valence-corrected chi connectivity index (χ1v) is 9.97. The molecule has 3 aromatic rings. The van der Waals surface area contributed by atoms with Crippen molar-refractivity contribution in [2.45, 2.75) is 6.61 Å². The first-order chi connectivity index (χ1) is 15.4. The lowest BCUT2D eigenvalue weighted by molar-refractivity contribution is -0.122. The molecule has 0 spiro atoms. The molecule has 7 nitrogen and oxygen atoms in total. The number of imide groups is 2. The Balaban J connectivity index is 1.62. The normalized spacial score (nSPS) is 15.1. The topological polar surface area (TPSA) is 95.9 Å². The number of carbonyl (C=O) groups is 3. The Bertz CT molecular complexity index is 1220. The van der Waals surface area contributed by atoms with Crippen LogP contribution in [-0.4, -0.2) is 23.0 Å². The molecule has 0 aliphatic carbocycles. The molecule has 0 atom stereocenters. The molecular weight excluding hydrogens is 432 g/mol. The number of nitrogens with one attached hydrogen (secondary N) is 1. The second-order valence-corrected chi connectivity index (χ2v) is 7.36. The molecule has 160 valence electrons. The Morgan fingerprint density at radius 1 is 0.938 bits per heavy atom. The van der Waals surface area contributed by atoms with E-state index in [1.165, 1.54) is 30.3 Å². The van der Waals surface area contributed by atoms with Crippen LogP contribution in [0.2, 0.25) is 5.02 Å². The molecule has 0 bridgehead atoms. The van der Waals surface area contributed by atoms with Gasteiger partial charge in [-0.1, -0.05) is 41.9 Å². The van der Waals surface area contributed by atoms with Crippen molar-refractivity contribution < 1.29 is 24.2 Å². The number of aromatic hydroxyl groups is 1. The molecule has 8 heteroatoms. The van der Waals surface area contributed by atoms with E-state index in [1.54, 1.807) is 36.4 Å². The van der Waals surface area contributed by atoms with Crippen LogP contribution in [0.3, 0.4) is 0 Å². The predicted octanol–water partition coefficient (Wildman–Crippen LogP) is 4.29. The number of halogens is 1. The molecule has 0 aromatic heterocycles.